The van der Waals surface area contributed by atoms with Crippen LogP contribution in [0.25, 0.3) is 15.9 Å². The fourth-order valence-corrected chi connectivity index (χ4v) is 5.55. The van der Waals surface area contributed by atoms with Crippen molar-refractivity contribution in [2.75, 3.05) is 26.4 Å². The molecule has 0 radical (unpaired) electrons. The molecule has 3 aromatic heterocycles. The Labute approximate surface area is 144 Å². The van der Waals surface area contributed by atoms with Crippen LogP contribution >= 0.6 is 23.1 Å². The maximum atomic E-state index is 4.94. The maximum absolute atomic E-state index is 4.94. The van der Waals surface area contributed by atoms with Crippen LogP contribution in [0.15, 0.2) is 11.5 Å². The van der Waals surface area contributed by atoms with E-state index in [0.29, 0.717) is 0 Å². The van der Waals surface area contributed by atoms with Crippen LogP contribution in [0.2, 0.25) is 0 Å². The molecule has 23 heavy (non-hydrogen) atoms. The molecule has 0 spiro atoms. The van der Waals surface area contributed by atoms with E-state index in [2.05, 4.69) is 31.1 Å². The molecule has 0 amide bonds. The fourth-order valence-electron chi connectivity index (χ4n) is 3.18. The van der Waals surface area contributed by atoms with Crippen molar-refractivity contribution in [1.82, 2.24) is 19.6 Å². The van der Waals surface area contributed by atoms with Crippen LogP contribution in [-0.4, -0.2) is 46.0 Å². The minimum absolute atomic E-state index is 0.750. The van der Waals surface area contributed by atoms with E-state index < -0.39 is 0 Å². The Morgan fingerprint density at radius 2 is 2.30 bits per heavy atom. The molecule has 0 bridgehead atoms. The highest BCUT2D eigenvalue weighted by Crippen LogP contribution is 2.39. The van der Waals surface area contributed by atoms with E-state index in [0.717, 1.165) is 40.3 Å². The molecule has 0 aliphatic heterocycles. The van der Waals surface area contributed by atoms with Gasteiger partial charge in [-0.25, -0.2) is 9.97 Å². The summed E-state index contributed by atoms with van der Waals surface area (Å²) >= 11 is 3.64. The Morgan fingerprint density at radius 1 is 1.43 bits per heavy atom. The minimum atomic E-state index is 0.750. The Hall–Kier alpha value is -1.18. The van der Waals surface area contributed by atoms with Crippen molar-refractivity contribution in [3.05, 3.63) is 16.8 Å². The monoisotopic (exact) mass is 348 g/mol. The van der Waals surface area contributed by atoms with E-state index in [1.165, 1.54) is 33.6 Å². The standard InChI is InChI=1S/C16H21N5S2/c1-10-4-5-12-11(8-10)13-14-17-9-18-21(14)16(19-15(13)23-12)22-7-6-20(2)3/h9-10H,4-8H2,1-3H3/p+1/t10-/m1/s1. The van der Waals surface area contributed by atoms with Gasteiger partial charge >= 0.3 is 0 Å². The average Bonchev–Trinajstić information content (AvgIpc) is 3.10. The number of rotatable bonds is 4. The lowest BCUT2D eigenvalue weighted by Crippen LogP contribution is -3.06. The number of aryl methyl sites for hydroxylation is 1. The first-order valence-electron chi connectivity index (χ1n) is 8.19. The maximum Gasteiger partial charge on any atom is 0.192 e. The summed E-state index contributed by atoms with van der Waals surface area (Å²) in [5.74, 6) is 1.79. The van der Waals surface area contributed by atoms with Crippen molar-refractivity contribution >= 4 is 39.0 Å². The lowest BCUT2D eigenvalue weighted by molar-refractivity contribution is -0.855. The first-order valence-corrected chi connectivity index (χ1v) is 9.99. The molecule has 1 aliphatic carbocycles. The molecule has 0 fully saturated rings. The molecule has 0 saturated carbocycles. The van der Waals surface area contributed by atoms with Crippen molar-refractivity contribution in [3.63, 3.8) is 0 Å². The van der Waals surface area contributed by atoms with E-state index in [9.17, 15) is 0 Å². The normalized spacial score (nSPS) is 18.2. The smallest absolute Gasteiger partial charge is 0.192 e. The zero-order valence-corrected chi connectivity index (χ0v) is 15.4. The lowest BCUT2D eigenvalue weighted by atomic mass is 9.89. The van der Waals surface area contributed by atoms with Gasteiger partial charge in [0.15, 0.2) is 10.8 Å². The molecule has 7 heteroatoms. The highest BCUT2D eigenvalue weighted by molar-refractivity contribution is 7.99. The molecule has 1 N–H and O–H groups in total. The van der Waals surface area contributed by atoms with Crippen LogP contribution in [0.5, 0.6) is 0 Å². The molecule has 122 valence electrons. The van der Waals surface area contributed by atoms with Gasteiger partial charge in [-0.15, -0.1) is 11.3 Å². The summed E-state index contributed by atoms with van der Waals surface area (Å²) in [5.41, 5.74) is 2.46. The largest absolute Gasteiger partial charge is 0.339 e. The Balaban J connectivity index is 1.81. The quantitative estimate of drug-likeness (QED) is 0.576. The summed E-state index contributed by atoms with van der Waals surface area (Å²) < 4.78 is 1.93. The summed E-state index contributed by atoms with van der Waals surface area (Å²) in [6.45, 7) is 3.45. The third-order valence-corrected chi connectivity index (χ3v) is 6.59. The molecule has 0 aromatic carbocycles. The highest BCUT2D eigenvalue weighted by atomic mass is 32.2. The van der Waals surface area contributed by atoms with Crippen LogP contribution in [0.1, 0.15) is 23.8 Å². The van der Waals surface area contributed by atoms with E-state index >= 15 is 0 Å². The van der Waals surface area contributed by atoms with Crippen molar-refractivity contribution < 1.29 is 4.90 Å². The van der Waals surface area contributed by atoms with E-state index in [1.807, 2.05) is 15.9 Å². The first kappa shape index (κ1) is 15.4. The van der Waals surface area contributed by atoms with Crippen molar-refractivity contribution in [1.29, 1.82) is 0 Å². The fraction of sp³-hybridized carbons (Fsp3) is 0.562. The second kappa shape index (κ2) is 6.03. The molecule has 3 heterocycles. The van der Waals surface area contributed by atoms with Crippen LogP contribution in [0, 0.1) is 5.92 Å². The topological polar surface area (TPSA) is 47.5 Å². The van der Waals surface area contributed by atoms with Crippen LogP contribution in [-0.2, 0) is 12.8 Å². The van der Waals surface area contributed by atoms with Gasteiger partial charge in [0.25, 0.3) is 0 Å². The number of hydrogen-bond acceptors (Lipinski definition) is 5. The van der Waals surface area contributed by atoms with Gasteiger partial charge in [0.1, 0.15) is 11.2 Å². The Morgan fingerprint density at radius 3 is 3.13 bits per heavy atom. The Bertz CT molecular complexity index is 851. The number of fused-ring (bicyclic) bond motifs is 5. The molecule has 1 aliphatic rings. The molecular formula is C16H22N5S2+. The zero-order valence-electron chi connectivity index (χ0n) is 13.8. The van der Waals surface area contributed by atoms with Crippen molar-refractivity contribution in [3.8, 4) is 0 Å². The predicted octanol–water partition coefficient (Wildman–Crippen LogP) is 1.70. The number of thioether (sulfide) groups is 1. The number of hydrogen-bond donors (Lipinski definition) is 1. The van der Waals surface area contributed by atoms with E-state index in [4.69, 9.17) is 4.98 Å². The summed E-state index contributed by atoms with van der Waals surface area (Å²) in [4.78, 5) is 13.6. The van der Waals surface area contributed by atoms with Gasteiger partial charge in [0, 0.05) is 4.88 Å². The van der Waals surface area contributed by atoms with Gasteiger partial charge in [0.05, 0.1) is 31.8 Å². The number of aromatic nitrogens is 4. The lowest BCUT2D eigenvalue weighted by Gasteiger charge is -2.17. The molecule has 0 unspecified atom stereocenters. The van der Waals surface area contributed by atoms with Gasteiger partial charge in [-0.2, -0.15) is 9.61 Å². The average molecular weight is 349 g/mol. The number of quaternary nitrogens is 1. The summed E-state index contributed by atoms with van der Waals surface area (Å²) in [7, 11) is 4.35. The van der Waals surface area contributed by atoms with Crippen LogP contribution in [0.4, 0.5) is 0 Å². The highest BCUT2D eigenvalue weighted by Gasteiger charge is 2.24. The Kier molecular flexibility index (Phi) is 4.03. The van der Waals surface area contributed by atoms with E-state index in [-0.39, 0.29) is 0 Å². The second-order valence-electron chi connectivity index (χ2n) is 6.73. The third-order valence-electron chi connectivity index (χ3n) is 4.47. The second-order valence-corrected chi connectivity index (χ2v) is 8.87. The summed E-state index contributed by atoms with van der Waals surface area (Å²) in [6, 6.07) is 0. The summed E-state index contributed by atoms with van der Waals surface area (Å²) in [5, 5.41) is 6.65. The van der Waals surface area contributed by atoms with Crippen molar-refractivity contribution in [2.45, 2.75) is 31.3 Å². The van der Waals surface area contributed by atoms with Crippen LogP contribution in [0.3, 0.4) is 0 Å². The van der Waals surface area contributed by atoms with Crippen LogP contribution < -0.4 is 4.90 Å². The molecule has 5 nitrogen and oxygen atoms in total. The van der Waals surface area contributed by atoms with Gasteiger partial charge in [-0.1, -0.05) is 18.7 Å². The summed E-state index contributed by atoms with van der Waals surface area (Å²) in [6.07, 6.45) is 5.28. The first-order chi connectivity index (χ1) is 11.1. The van der Waals surface area contributed by atoms with Gasteiger partial charge in [-0.05, 0) is 30.7 Å². The van der Waals surface area contributed by atoms with Gasteiger partial charge < -0.3 is 4.90 Å². The zero-order chi connectivity index (χ0) is 16.0. The van der Waals surface area contributed by atoms with Gasteiger partial charge in [0.2, 0.25) is 0 Å². The molecule has 0 saturated heterocycles. The molecular weight excluding hydrogens is 326 g/mol. The molecule has 4 rings (SSSR count). The third kappa shape index (κ3) is 2.75. The minimum Gasteiger partial charge on any atom is -0.339 e. The molecule has 3 aromatic rings. The van der Waals surface area contributed by atoms with Crippen molar-refractivity contribution in [2.24, 2.45) is 5.92 Å². The number of thiophene rings is 1. The predicted molar refractivity (Wildman–Crippen MR) is 95.8 cm³/mol. The van der Waals surface area contributed by atoms with E-state index in [1.54, 1.807) is 18.1 Å². The van der Waals surface area contributed by atoms with Gasteiger partial charge in [-0.3, -0.25) is 0 Å². The molecule has 1 atom stereocenters. The SMILES string of the molecule is C[C@@H]1CCc2sc3nc(SCC[NH+](C)C)n4ncnc4c3c2C1. The number of nitrogens with one attached hydrogen (secondary N) is 1. The number of nitrogens with zero attached hydrogens (tertiary/aromatic N) is 4.